The predicted molar refractivity (Wildman–Crippen MR) is 67.2 cm³/mol. The zero-order valence-corrected chi connectivity index (χ0v) is 10.9. The van der Waals surface area contributed by atoms with Crippen LogP contribution in [0.2, 0.25) is 0 Å². The lowest BCUT2D eigenvalue weighted by Gasteiger charge is -2.19. The molecule has 1 aromatic heterocycles. The lowest BCUT2D eigenvalue weighted by molar-refractivity contribution is -0.153. The largest absolute Gasteiger partial charge is 0.459 e. The number of esters is 1. The van der Waals surface area contributed by atoms with Crippen LogP contribution in [0.5, 0.6) is 0 Å². The highest BCUT2D eigenvalue weighted by Gasteiger charge is 2.15. The Morgan fingerprint density at radius 3 is 2.83 bits per heavy atom. The Balaban J connectivity index is 2.37. The van der Waals surface area contributed by atoms with Crippen molar-refractivity contribution in [2.75, 3.05) is 6.54 Å². The highest BCUT2D eigenvalue weighted by Crippen LogP contribution is 2.06. The van der Waals surface area contributed by atoms with Crippen molar-refractivity contribution in [3.63, 3.8) is 0 Å². The normalized spacial score (nSPS) is 11.1. The molecule has 0 unspecified atom stereocenters. The summed E-state index contributed by atoms with van der Waals surface area (Å²) in [6.07, 6.45) is 2.33. The summed E-state index contributed by atoms with van der Waals surface area (Å²) in [7, 11) is 0. The third-order valence-electron chi connectivity index (χ3n) is 1.97. The minimum atomic E-state index is -0.478. The molecule has 0 spiro atoms. The average molecular weight is 250 g/mol. The first kappa shape index (κ1) is 14.3. The molecule has 1 N–H and O–H groups in total. The van der Waals surface area contributed by atoms with Crippen LogP contribution >= 0.6 is 0 Å². The maximum Gasteiger partial charge on any atom is 0.320 e. The zero-order valence-electron chi connectivity index (χ0n) is 10.9. The molecule has 0 saturated heterocycles. The Morgan fingerprint density at radius 1 is 1.50 bits per heavy atom. The molecular weight excluding hydrogens is 232 g/mol. The van der Waals surface area contributed by atoms with E-state index in [4.69, 9.17) is 4.74 Å². The van der Waals surface area contributed by atoms with Crippen LogP contribution in [0.25, 0.3) is 0 Å². The summed E-state index contributed by atoms with van der Waals surface area (Å²) in [6.45, 7) is 5.99. The minimum absolute atomic E-state index is 0.115. The van der Waals surface area contributed by atoms with Crippen LogP contribution in [0.4, 0.5) is 0 Å². The van der Waals surface area contributed by atoms with Gasteiger partial charge in [0.2, 0.25) is 0 Å². The monoisotopic (exact) mass is 250 g/mol. The van der Waals surface area contributed by atoms with E-state index < -0.39 is 5.60 Å². The molecule has 5 heteroatoms. The topological polar surface area (TPSA) is 68.3 Å². The van der Waals surface area contributed by atoms with E-state index in [1.54, 1.807) is 18.3 Å². The number of pyridine rings is 1. The van der Waals surface area contributed by atoms with E-state index in [1.807, 2.05) is 20.8 Å². The number of aromatic nitrogens is 1. The van der Waals surface area contributed by atoms with Crippen molar-refractivity contribution >= 4 is 12.3 Å². The number of hydrogen-bond acceptors (Lipinski definition) is 5. The van der Waals surface area contributed by atoms with Crippen molar-refractivity contribution in [1.82, 2.24) is 10.3 Å². The number of carbonyl (C=O) groups excluding carboxylic acids is 2. The highest BCUT2D eigenvalue weighted by atomic mass is 16.6. The van der Waals surface area contributed by atoms with Gasteiger partial charge in [-0.2, -0.15) is 0 Å². The van der Waals surface area contributed by atoms with Crippen LogP contribution in [0.3, 0.4) is 0 Å². The Kier molecular flexibility index (Phi) is 4.97. The molecule has 1 rings (SSSR count). The summed E-state index contributed by atoms with van der Waals surface area (Å²) in [5, 5.41) is 2.92. The highest BCUT2D eigenvalue weighted by molar-refractivity contribution is 5.74. The maximum atomic E-state index is 11.4. The standard InChI is InChI=1S/C13H18N2O3/c1-13(2,3)18-12(17)8-14-7-11-6-10(9-16)4-5-15-11/h4-6,9,14H,7-8H2,1-3H3. The van der Waals surface area contributed by atoms with E-state index >= 15 is 0 Å². The van der Waals surface area contributed by atoms with Crippen molar-refractivity contribution in [3.05, 3.63) is 29.6 Å². The van der Waals surface area contributed by atoms with Gasteiger partial charge in [0, 0.05) is 18.3 Å². The molecule has 98 valence electrons. The van der Waals surface area contributed by atoms with Gasteiger partial charge in [0.25, 0.3) is 0 Å². The van der Waals surface area contributed by atoms with Crippen molar-refractivity contribution in [2.45, 2.75) is 32.9 Å². The van der Waals surface area contributed by atoms with E-state index in [9.17, 15) is 9.59 Å². The Hall–Kier alpha value is -1.75. The number of hydrogen-bond donors (Lipinski definition) is 1. The fraction of sp³-hybridized carbons (Fsp3) is 0.462. The summed E-state index contributed by atoms with van der Waals surface area (Å²) >= 11 is 0. The number of carbonyl (C=O) groups is 2. The van der Waals surface area contributed by atoms with Crippen LogP contribution in [-0.4, -0.2) is 29.4 Å². The molecule has 1 aromatic rings. The summed E-state index contributed by atoms with van der Waals surface area (Å²) in [5.74, 6) is -0.311. The Labute approximate surface area is 107 Å². The van der Waals surface area contributed by atoms with Gasteiger partial charge in [0.1, 0.15) is 11.9 Å². The molecule has 18 heavy (non-hydrogen) atoms. The minimum Gasteiger partial charge on any atom is -0.459 e. The molecule has 1 heterocycles. The summed E-state index contributed by atoms with van der Waals surface area (Å²) < 4.78 is 5.14. The van der Waals surface area contributed by atoms with E-state index in [2.05, 4.69) is 10.3 Å². The molecule has 0 radical (unpaired) electrons. The molecule has 0 saturated carbocycles. The van der Waals surface area contributed by atoms with Crippen LogP contribution in [-0.2, 0) is 16.1 Å². The molecule has 0 bridgehead atoms. The van der Waals surface area contributed by atoms with Crippen LogP contribution in [0.15, 0.2) is 18.3 Å². The lowest BCUT2D eigenvalue weighted by Crippen LogP contribution is -2.31. The van der Waals surface area contributed by atoms with Crippen molar-refractivity contribution in [1.29, 1.82) is 0 Å². The summed E-state index contributed by atoms with van der Waals surface area (Å²) in [6, 6.07) is 3.31. The van der Waals surface area contributed by atoms with E-state index in [1.165, 1.54) is 0 Å². The number of ether oxygens (including phenoxy) is 1. The first-order valence-corrected chi connectivity index (χ1v) is 5.73. The van der Waals surface area contributed by atoms with E-state index in [0.29, 0.717) is 17.8 Å². The van der Waals surface area contributed by atoms with Gasteiger partial charge in [-0.1, -0.05) is 0 Å². The van der Waals surface area contributed by atoms with Gasteiger partial charge in [0.15, 0.2) is 0 Å². The maximum absolute atomic E-state index is 11.4. The molecule has 0 amide bonds. The molecular formula is C13H18N2O3. The molecule has 0 aliphatic rings. The second-order valence-electron chi connectivity index (χ2n) is 4.89. The molecule has 5 nitrogen and oxygen atoms in total. The smallest absolute Gasteiger partial charge is 0.320 e. The third-order valence-corrected chi connectivity index (χ3v) is 1.97. The van der Waals surface area contributed by atoms with Gasteiger partial charge in [0.05, 0.1) is 12.2 Å². The quantitative estimate of drug-likeness (QED) is 0.630. The molecule has 0 aliphatic carbocycles. The van der Waals surface area contributed by atoms with Gasteiger partial charge in [-0.05, 0) is 32.9 Å². The van der Waals surface area contributed by atoms with Gasteiger partial charge in [-0.3, -0.25) is 14.6 Å². The SMILES string of the molecule is CC(C)(C)OC(=O)CNCc1cc(C=O)ccn1. The number of aldehydes is 1. The Morgan fingerprint density at radius 2 is 2.22 bits per heavy atom. The van der Waals surface area contributed by atoms with Crippen LogP contribution < -0.4 is 5.32 Å². The van der Waals surface area contributed by atoms with Crippen molar-refractivity contribution in [2.24, 2.45) is 0 Å². The molecule has 0 aromatic carbocycles. The van der Waals surface area contributed by atoms with E-state index in [-0.39, 0.29) is 12.5 Å². The fourth-order valence-corrected chi connectivity index (χ4v) is 1.34. The average Bonchev–Trinajstić information content (AvgIpc) is 2.27. The summed E-state index contributed by atoms with van der Waals surface area (Å²) in [4.78, 5) is 26.1. The molecule has 0 fully saturated rings. The second-order valence-corrected chi connectivity index (χ2v) is 4.89. The molecule has 0 atom stereocenters. The van der Waals surface area contributed by atoms with Crippen molar-refractivity contribution < 1.29 is 14.3 Å². The van der Waals surface area contributed by atoms with Crippen LogP contribution in [0, 0.1) is 0 Å². The Bertz CT molecular complexity index is 424. The number of nitrogens with zero attached hydrogens (tertiary/aromatic N) is 1. The molecule has 0 aliphatic heterocycles. The first-order chi connectivity index (χ1) is 8.40. The third kappa shape index (κ3) is 5.54. The number of nitrogens with one attached hydrogen (secondary N) is 1. The van der Waals surface area contributed by atoms with Gasteiger partial charge in [-0.15, -0.1) is 0 Å². The second kappa shape index (κ2) is 6.26. The fourth-order valence-electron chi connectivity index (χ4n) is 1.34. The van der Waals surface area contributed by atoms with E-state index in [0.717, 1.165) is 6.29 Å². The van der Waals surface area contributed by atoms with Crippen LogP contribution in [0.1, 0.15) is 36.8 Å². The van der Waals surface area contributed by atoms with Gasteiger partial charge < -0.3 is 10.1 Å². The summed E-state index contributed by atoms with van der Waals surface area (Å²) in [5.41, 5.74) is 0.802. The first-order valence-electron chi connectivity index (χ1n) is 5.73. The zero-order chi connectivity index (χ0) is 13.6. The number of rotatable bonds is 5. The lowest BCUT2D eigenvalue weighted by atomic mass is 10.2. The predicted octanol–water partition coefficient (Wildman–Crippen LogP) is 1.33. The van der Waals surface area contributed by atoms with Gasteiger partial charge >= 0.3 is 5.97 Å². The van der Waals surface area contributed by atoms with Gasteiger partial charge in [-0.25, -0.2) is 0 Å². The van der Waals surface area contributed by atoms with Crippen molar-refractivity contribution in [3.8, 4) is 0 Å².